The van der Waals surface area contributed by atoms with Crippen molar-refractivity contribution in [3.8, 4) is 44.5 Å². The molecule has 4 aliphatic rings. The molecule has 0 spiro atoms. The van der Waals surface area contributed by atoms with E-state index in [0.29, 0.717) is 5.92 Å². The van der Waals surface area contributed by atoms with E-state index in [1.54, 1.807) is 0 Å². The molecule has 0 bridgehead atoms. The summed E-state index contributed by atoms with van der Waals surface area (Å²) >= 11 is 0. The fourth-order valence-electron chi connectivity index (χ4n) is 11.7. The van der Waals surface area contributed by atoms with Gasteiger partial charge in [-0.3, -0.25) is 0 Å². The molecule has 0 aromatic heterocycles. The number of fused-ring (bicyclic) bond motifs is 9. The molecule has 1 fully saturated rings. The van der Waals surface area contributed by atoms with Crippen molar-refractivity contribution in [3.05, 3.63) is 185 Å². The monoisotopic (exact) mass is 751 g/mol. The van der Waals surface area contributed by atoms with Crippen LogP contribution in [0.3, 0.4) is 0 Å². The minimum atomic E-state index is -0.167. The highest BCUT2D eigenvalue weighted by Crippen LogP contribution is 2.56. The Labute approximate surface area is 345 Å². The molecule has 7 aromatic rings. The molecule has 0 N–H and O–H groups in total. The van der Waals surface area contributed by atoms with Gasteiger partial charge in [0, 0.05) is 33.3 Å². The highest BCUT2D eigenvalue weighted by molar-refractivity contribution is 5.96. The van der Waals surface area contributed by atoms with Crippen LogP contribution in [0.25, 0.3) is 44.5 Å². The Morgan fingerprint density at radius 2 is 0.879 bits per heavy atom. The van der Waals surface area contributed by atoms with Crippen LogP contribution in [0.4, 0.5) is 17.1 Å². The Morgan fingerprint density at radius 3 is 1.57 bits per heavy atom. The number of hydrogen-bond acceptors (Lipinski definition) is 1. The summed E-state index contributed by atoms with van der Waals surface area (Å²) in [5, 5.41) is 0. The Hall–Kier alpha value is -5.66. The maximum absolute atomic E-state index is 2.52. The van der Waals surface area contributed by atoms with Gasteiger partial charge in [0.15, 0.2) is 0 Å². The van der Waals surface area contributed by atoms with Gasteiger partial charge in [0.25, 0.3) is 0 Å². The molecule has 0 saturated heterocycles. The quantitative estimate of drug-likeness (QED) is 0.169. The van der Waals surface area contributed by atoms with Crippen LogP contribution in [0.15, 0.2) is 146 Å². The highest BCUT2D eigenvalue weighted by atomic mass is 15.1. The van der Waals surface area contributed by atoms with E-state index in [-0.39, 0.29) is 16.2 Å². The average Bonchev–Trinajstić information content (AvgIpc) is 3.73. The first-order valence-corrected chi connectivity index (χ1v) is 21.7. The van der Waals surface area contributed by atoms with Gasteiger partial charge in [0.2, 0.25) is 0 Å². The van der Waals surface area contributed by atoms with Crippen molar-refractivity contribution in [1.29, 1.82) is 0 Å². The Kier molecular flexibility index (Phi) is 7.75. The molecule has 0 aliphatic heterocycles. The van der Waals surface area contributed by atoms with Gasteiger partial charge in [-0.05, 0) is 145 Å². The molecule has 1 saturated carbocycles. The lowest BCUT2D eigenvalue weighted by molar-refractivity contribution is 0.443. The molecule has 58 heavy (non-hydrogen) atoms. The molecule has 7 aromatic carbocycles. The summed E-state index contributed by atoms with van der Waals surface area (Å²) in [5.41, 5.74) is 24.1. The Bertz CT molecular complexity index is 2790. The van der Waals surface area contributed by atoms with Crippen molar-refractivity contribution in [3.63, 3.8) is 0 Å². The lowest BCUT2D eigenvalue weighted by atomic mass is 9.81. The molecule has 11 rings (SSSR count). The molecular formula is C57H53N. The molecule has 0 radical (unpaired) electrons. The highest BCUT2D eigenvalue weighted by Gasteiger charge is 2.40. The summed E-state index contributed by atoms with van der Waals surface area (Å²) in [4.78, 5) is 2.52. The molecule has 0 unspecified atom stereocenters. The number of anilines is 3. The molecule has 0 amide bonds. The zero-order chi connectivity index (χ0) is 39.6. The number of rotatable bonds is 5. The van der Waals surface area contributed by atoms with Gasteiger partial charge in [-0.15, -0.1) is 0 Å². The van der Waals surface area contributed by atoms with Crippen LogP contribution < -0.4 is 4.90 Å². The van der Waals surface area contributed by atoms with Crippen molar-refractivity contribution in [2.75, 3.05) is 4.90 Å². The third kappa shape index (κ3) is 5.08. The number of benzene rings is 7. The summed E-state index contributed by atoms with van der Waals surface area (Å²) in [7, 11) is 0. The second-order valence-corrected chi connectivity index (χ2v) is 19.2. The molecule has 1 heteroatoms. The molecule has 0 heterocycles. The first kappa shape index (κ1) is 35.5. The summed E-state index contributed by atoms with van der Waals surface area (Å²) in [6.45, 7) is 14.3. The summed E-state index contributed by atoms with van der Waals surface area (Å²) < 4.78 is 0. The van der Waals surface area contributed by atoms with Crippen molar-refractivity contribution in [2.24, 2.45) is 0 Å². The van der Waals surface area contributed by atoms with E-state index in [1.165, 1.54) is 133 Å². The first-order chi connectivity index (χ1) is 28.0. The zero-order valence-electron chi connectivity index (χ0n) is 34.9. The number of hydrogen-bond donors (Lipinski definition) is 0. The maximum atomic E-state index is 2.52. The van der Waals surface area contributed by atoms with Crippen molar-refractivity contribution in [2.45, 2.75) is 95.8 Å². The predicted octanol–water partition coefficient (Wildman–Crippen LogP) is 15.8. The predicted molar refractivity (Wildman–Crippen MR) is 245 cm³/mol. The average molecular weight is 752 g/mol. The van der Waals surface area contributed by atoms with E-state index >= 15 is 0 Å². The molecule has 1 nitrogen and oxygen atoms in total. The Balaban J connectivity index is 1.04. The van der Waals surface area contributed by atoms with Gasteiger partial charge < -0.3 is 4.90 Å². The van der Waals surface area contributed by atoms with Crippen molar-refractivity contribution >= 4 is 17.1 Å². The van der Waals surface area contributed by atoms with Gasteiger partial charge in [-0.1, -0.05) is 164 Å². The van der Waals surface area contributed by atoms with Crippen LogP contribution >= 0.6 is 0 Å². The summed E-state index contributed by atoms with van der Waals surface area (Å²) in [5.74, 6) is 0.677. The minimum absolute atomic E-state index is 0.00524. The van der Waals surface area contributed by atoms with Crippen LogP contribution in [0.2, 0.25) is 0 Å². The minimum Gasteiger partial charge on any atom is -0.310 e. The third-order valence-electron chi connectivity index (χ3n) is 14.9. The van der Waals surface area contributed by atoms with E-state index in [9.17, 15) is 0 Å². The summed E-state index contributed by atoms with van der Waals surface area (Å²) in [6.07, 6.45) is 6.69. The second-order valence-electron chi connectivity index (χ2n) is 19.2. The third-order valence-corrected chi connectivity index (χ3v) is 14.9. The topological polar surface area (TPSA) is 3.24 Å². The van der Waals surface area contributed by atoms with Crippen LogP contribution in [0, 0.1) is 0 Å². The van der Waals surface area contributed by atoms with Gasteiger partial charge in [0.1, 0.15) is 0 Å². The van der Waals surface area contributed by atoms with Crippen LogP contribution in [-0.4, -0.2) is 0 Å². The van der Waals surface area contributed by atoms with Gasteiger partial charge in [0.05, 0.1) is 0 Å². The van der Waals surface area contributed by atoms with Crippen LogP contribution in [0.5, 0.6) is 0 Å². The van der Waals surface area contributed by atoms with E-state index in [2.05, 4.69) is 192 Å². The van der Waals surface area contributed by atoms with Crippen molar-refractivity contribution in [1.82, 2.24) is 0 Å². The zero-order valence-corrected chi connectivity index (χ0v) is 34.9. The SMILES string of the molecule is CC1(C)c2ccccc2-c2cc(-c3cccc4c3-c3ccc(N(c5ccc(C6CCCCC6)cc5)c5ccc6c(c5)C(C)(C)c5ccccc5-6)cc3C4(C)C)ccc21. The van der Waals surface area contributed by atoms with E-state index < -0.39 is 0 Å². The largest absolute Gasteiger partial charge is 0.310 e. The van der Waals surface area contributed by atoms with Gasteiger partial charge >= 0.3 is 0 Å². The second kappa shape index (κ2) is 12.7. The standard InChI is InChI=1S/C57H53N/c1-55(2)49-21-13-11-18-44(49)47-33-38(25-32-50(47)55)42-19-14-22-51-54(42)46-31-29-41(35-53(46)57(51,5)6)58(39-26-23-37(24-27-39)36-15-8-7-9-16-36)40-28-30-45-43-17-10-12-20-48(43)56(3,4)52(45)34-40/h10-14,17-36H,7-9,15-16H2,1-6H3. The van der Waals surface area contributed by atoms with E-state index in [0.717, 1.165) is 0 Å². The lowest BCUT2D eigenvalue weighted by Crippen LogP contribution is -2.18. The fraction of sp³-hybridized carbons (Fsp3) is 0.263. The van der Waals surface area contributed by atoms with Crippen LogP contribution in [-0.2, 0) is 16.2 Å². The Morgan fingerprint density at radius 1 is 0.379 bits per heavy atom. The summed E-state index contributed by atoms with van der Waals surface area (Å²) in [6, 6.07) is 56.3. The van der Waals surface area contributed by atoms with Gasteiger partial charge in [-0.25, -0.2) is 0 Å². The lowest BCUT2D eigenvalue weighted by Gasteiger charge is -2.30. The fourth-order valence-corrected chi connectivity index (χ4v) is 11.7. The van der Waals surface area contributed by atoms with Crippen molar-refractivity contribution < 1.29 is 0 Å². The smallest absolute Gasteiger partial charge is 0.0465 e. The van der Waals surface area contributed by atoms with Crippen LogP contribution in [0.1, 0.15) is 119 Å². The normalized spacial score (nSPS) is 17.5. The first-order valence-electron chi connectivity index (χ1n) is 21.7. The van der Waals surface area contributed by atoms with Gasteiger partial charge in [-0.2, -0.15) is 0 Å². The molecule has 0 atom stereocenters. The molecule has 286 valence electrons. The molecule has 4 aliphatic carbocycles. The van der Waals surface area contributed by atoms with E-state index in [4.69, 9.17) is 0 Å². The molecular weight excluding hydrogens is 699 g/mol. The maximum Gasteiger partial charge on any atom is 0.0465 e. The number of nitrogens with zero attached hydrogens (tertiary/aromatic N) is 1. The van der Waals surface area contributed by atoms with E-state index in [1.807, 2.05) is 0 Å².